The lowest BCUT2D eigenvalue weighted by molar-refractivity contribution is -0.133. The molecule has 0 spiro atoms. The highest BCUT2D eigenvalue weighted by molar-refractivity contribution is 7.92. The summed E-state index contributed by atoms with van der Waals surface area (Å²) in [5, 5.41) is -1.09. The standard InChI is InChI=1S/C18H22N2O3S/c1-14(17-11-7-8-12-19-17)20(13-16-9-5-4-6-10-16)18(21)15(2)24(3,22)23/h4-12,14-15H,13H2,1-3H3/t14-,15-/m1/s1. The molecule has 0 unspecified atom stereocenters. The van der Waals surface area contributed by atoms with Crippen LogP contribution in [0, 0.1) is 0 Å². The number of pyridine rings is 1. The van der Waals surface area contributed by atoms with Gasteiger partial charge in [-0.1, -0.05) is 36.4 Å². The number of aromatic nitrogens is 1. The lowest BCUT2D eigenvalue weighted by Crippen LogP contribution is -2.42. The molecule has 0 aliphatic heterocycles. The number of benzene rings is 1. The molecule has 2 rings (SSSR count). The number of sulfone groups is 1. The lowest BCUT2D eigenvalue weighted by Gasteiger charge is -2.31. The van der Waals surface area contributed by atoms with Crippen LogP contribution in [-0.4, -0.2) is 35.7 Å². The van der Waals surface area contributed by atoms with Crippen LogP contribution < -0.4 is 0 Å². The van der Waals surface area contributed by atoms with Crippen LogP contribution in [0.25, 0.3) is 0 Å². The number of carbonyl (C=O) groups excluding carboxylic acids is 1. The maximum Gasteiger partial charge on any atom is 0.241 e. The van der Waals surface area contributed by atoms with Crippen LogP contribution in [0.2, 0.25) is 0 Å². The molecule has 0 N–H and O–H groups in total. The molecule has 0 aliphatic rings. The first-order valence-corrected chi connectivity index (χ1v) is 9.70. The second kappa shape index (κ2) is 7.57. The highest BCUT2D eigenvalue weighted by atomic mass is 32.2. The van der Waals surface area contributed by atoms with E-state index in [-0.39, 0.29) is 6.04 Å². The van der Waals surface area contributed by atoms with Crippen molar-refractivity contribution in [3.8, 4) is 0 Å². The first-order valence-electron chi connectivity index (χ1n) is 7.75. The summed E-state index contributed by atoms with van der Waals surface area (Å²) < 4.78 is 23.7. The average Bonchev–Trinajstić information content (AvgIpc) is 2.58. The fourth-order valence-corrected chi connectivity index (χ4v) is 2.89. The highest BCUT2D eigenvalue weighted by Gasteiger charge is 2.31. The molecule has 0 fully saturated rings. The van der Waals surface area contributed by atoms with Gasteiger partial charge in [0.15, 0.2) is 9.84 Å². The maximum atomic E-state index is 12.8. The third kappa shape index (κ3) is 4.41. The quantitative estimate of drug-likeness (QED) is 0.806. The Bertz CT molecular complexity index is 776. The van der Waals surface area contributed by atoms with E-state index >= 15 is 0 Å². The zero-order chi connectivity index (χ0) is 17.7. The molecule has 128 valence electrons. The molecule has 0 radical (unpaired) electrons. The lowest BCUT2D eigenvalue weighted by atomic mass is 10.1. The third-order valence-corrected chi connectivity index (χ3v) is 5.54. The summed E-state index contributed by atoms with van der Waals surface area (Å²) in [5.41, 5.74) is 1.66. The Kier molecular flexibility index (Phi) is 5.72. The van der Waals surface area contributed by atoms with Gasteiger partial charge >= 0.3 is 0 Å². The van der Waals surface area contributed by atoms with E-state index in [0.29, 0.717) is 6.54 Å². The van der Waals surface area contributed by atoms with Crippen LogP contribution in [0.4, 0.5) is 0 Å². The van der Waals surface area contributed by atoms with Crippen molar-refractivity contribution >= 4 is 15.7 Å². The van der Waals surface area contributed by atoms with Crippen LogP contribution in [0.1, 0.15) is 31.1 Å². The van der Waals surface area contributed by atoms with Gasteiger partial charge in [0.25, 0.3) is 0 Å². The molecule has 6 heteroatoms. The summed E-state index contributed by atoms with van der Waals surface area (Å²) in [6, 6.07) is 14.7. The average molecular weight is 346 g/mol. The topological polar surface area (TPSA) is 67.3 Å². The molecular weight excluding hydrogens is 324 g/mol. The number of hydrogen-bond donors (Lipinski definition) is 0. The normalized spacial score (nSPS) is 14.0. The molecule has 24 heavy (non-hydrogen) atoms. The molecule has 2 aromatic rings. The minimum atomic E-state index is -3.47. The van der Waals surface area contributed by atoms with E-state index < -0.39 is 21.0 Å². The SMILES string of the molecule is C[C@H](c1ccccn1)N(Cc1ccccc1)C(=O)[C@@H](C)S(C)(=O)=O. The van der Waals surface area contributed by atoms with Crippen molar-refractivity contribution in [3.05, 3.63) is 66.0 Å². The van der Waals surface area contributed by atoms with E-state index in [1.807, 2.05) is 49.4 Å². The molecule has 0 saturated carbocycles. The zero-order valence-corrected chi connectivity index (χ0v) is 14.9. The molecule has 1 aromatic carbocycles. The summed E-state index contributed by atoms with van der Waals surface area (Å²) in [5.74, 6) is -0.417. The predicted octanol–water partition coefficient (Wildman–Crippen LogP) is 2.60. The van der Waals surface area contributed by atoms with Gasteiger partial charge in [-0.15, -0.1) is 0 Å². The van der Waals surface area contributed by atoms with Gasteiger partial charge in [-0.05, 0) is 31.5 Å². The van der Waals surface area contributed by atoms with Gasteiger partial charge < -0.3 is 4.90 Å². The molecule has 5 nitrogen and oxygen atoms in total. The smallest absolute Gasteiger partial charge is 0.241 e. The summed E-state index contributed by atoms with van der Waals surface area (Å²) >= 11 is 0. The van der Waals surface area contributed by atoms with Gasteiger partial charge in [-0.25, -0.2) is 8.42 Å². The molecule has 1 heterocycles. The maximum absolute atomic E-state index is 12.8. The summed E-state index contributed by atoms with van der Waals surface area (Å²) in [6.45, 7) is 3.62. The van der Waals surface area contributed by atoms with E-state index in [1.165, 1.54) is 6.92 Å². The Morgan fingerprint density at radius 3 is 2.25 bits per heavy atom. The Hall–Kier alpha value is -2.21. The van der Waals surface area contributed by atoms with Gasteiger partial charge in [0.05, 0.1) is 11.7 Å². The van der Waals surface area contributed by atoms with Crippen molar-refractivity contribution in [1.82, 2.24) is 9.88 Å². The Morgan fingerprint density at radius 1 is 1.08 bits per heavy atom. The van der Waals surface area contributed by atoms with Gasteiger partial charge in [-0.2, -0.15) is 0 Å². The van der Waals surface area contributed by atoms with E-state index in [0.717, 1.165) is 17.5 Å². The van der Waals surface area contributed by atoms with E-state index in [4.69, 9.17) is 0 Å². The van der Waals surface area contributed by atoms with Gasteiger partial charge in [-0.3, -0.25) is 9.78 Å². The largest absolute Gasteiger partial charge is 0.329 e. The molecule has 0 saturated heterocycles. The number of carbonyl (C=O) groups is 1. The number of nitrogens with zero attached hydrogens (tertiary/aromatic N) is 2. The van der Waals surface area contributed by atoms with E-state index in [2.05, 4.69) is 4.98 Å². The molecule has 1 aromatic heterocycles. The fourth-order valence-electron chi connectivity index (χ4n) is 2.39. The molecule has 0 aliphatic carbocycles. The third-order valence-electron chi connectivity index (χ3n) is 4.05. The summed E-state index contributed by atoms with van der Waals surface area (Å²) in [7, 11) is -3.47. The number of hydrogen-bond acceptors (Lipinski definition) is 4. The minimum Gasteiger partial charge on any atom is -0.329 e. The van der Waals surface area contributed by atoms with Crippen molar-refractivity contribution < 1.29 is 13.2 Å². The molecule has 1 amide bonds. The summed E-state index contributed by atoms with van der Waals surface area (Å²) in [6.07, 6.45) is 2.75. The van der Waals surface area contributed by atoms with E-state index in [1.54, 1.807) is 17.2 Å². The highest BCUT2D eigenvalue weighted by Crippen LogP contribution is 2.23. The van der Waals surface area contributed by atoms with Gasteiger partial charge in [0.2, 0.25) is 5.91 Å². The molecular formula is C18H22N2O3S. The second-order valence-electron chi connectivity index (χ2n) is 5.85. The van der Waals surface area contributed by atoms with Crippen molar-refractivity contribution in [2.75, 3.05) is 6.26 Å². The molecule has 0 bridgehead atoms. The van der Waals surface area contributed by atoms with Crippen LogP contribution in [0.15, 0.2) is 54.7 Å². The minimum absolute atomic E-state index is 0.330. The van der Waals surface area contributed by atoms with Gasteiger partial charge in [0, 0.05) is 19.0 Å². The van der Waals surface area contributed by atoms with E-state index in [9.17, 15) is 13.2 Å². The number of amides is 1. The monoisotopic (exact) mass is 346 g/mol. The van der Waals surface area contributed by atoms with Crippen molar-refractivity contribution in [2.45, 2.75) is 31.7 Å². The van der Waals surface area contributed by atoms with Crippen LogP contribution in [0.5, 0.6) is 0 Å². The Labute approximate surface area is 143 Å². The van der Waals surface area contributed by atoms with Crippen LogP contribution in [0.3, 0.4) is 0 Å². The first kappa shape index (κ1) is 18.1. The van der Waals surface area contributed by atoms with Gasteiger partial charge in [0.1, 0.15) is 5.25 Å². The molecule has 2 atom stereocenters. The van der Waals surface area contributed by atoms with Crippen LogP contribution >= 0.6 is 0 Å². The summed E-state index contributed by atoms with van der Waals surface area (Å²) in [4.78, 5) is 18.7. The van der Waals surface area contributed by atoms with Crippen molar-refractivity contribution in [2.24, 2.45) is 0 Å². The zero-order valence-electron chi connectivity index (χ0n) is 14.1. The fraction of sp³-hybridized carbons (Fsp3) is 0.333. The van der Waals surface area contributed by atoms with Crippen LogP contribution in [-0.2, 0) is 21.2 Å². The van der Waals surface area contributed by atoms with Crippen molar-refractivity contribution in [3.63, 3.8) is 0 Å². The number of rotatable bonds is 6. The van der Waals surface area contributed by atoms with Crippen molar-refractivity contribution in [1.29, 1.82) is 0 Å². The first-order chi connectivity index (χ1) is 11.3. The predicted molar refractivity (Wildman–Crippen MR) is 93.9 cm³/mol. The Morgan fingerprint density at radius 2 is 1.71 bits per heavy atom. The second-order valence-corrected chi connectivity index (χ2v) is 8.22. The Balaban J connectivity index is 2.36.